The lowest BCUT2D eigenvalue weighted by molar-refractivity contribution is 0.227. The standard InChI is InChI=1S/C12H14OS2/c1-7-6-9(3)15-12(7)11(13)10-5-4-8(2)14-10/h4-6,11,13H,1-3H3. The maximum absolute atomic E-state index is 10.2. The molecular weight excluding hydrogens is 224 g/mol. The number of hydrogen-bond donors (Lipinski definition) is 1. The summed E-state index contributed by atoms with van der Waals surface area (Å²) in [6.45, 7) is 6.20. The van der Waals surface area contributed by atoms with Gasteiger partial charge in [-0.15, -0.1) is 22.7 Å². The van der Waals surface area contributed by atoms with Crippen molar-refractivity contribution in [3.8, 4) is 0 Å². The molecule has 0 fully saturated rings. The molecule has 0 bridgehead atoms. The molecule has 0 amide bonds. The average molecular weight is 238 g/mol. The van der Waals surface area contributed by atoms with E-state index in [2.05, 4.69) is 32.9 Å². The van der Waals surface area contributed by atoms with E-state index >= 15 is 0 Å². The van der Waals surface area contributed by atoms with Gasteiger partial charge in [-0.1, -0.05) is 0 Å². The van der Waals surface area contributed by atoms with Gasteiger partial charge in [0.15, 0.2) is 0 Å². The van der Waals surface area contributed by atoms with E-state index in [-0.39, 0.29) is 0 Å². The summed E-state index contributed by atoms with van der Waals surface area (Å²) in [4.78, 5) is 4.62. The van der Waals surface area contributed by atoms with Crippen molar-refractivity contribution in [2.45, 2.75) is 26.9 Å². The van der Waals surface area contributed by atoms with Crippen LogP contribution in [0.2, 0.25) is 0 Å². The molecule has 0 aromatic carbocycles. The summed E-state index contributed by atoms with van der Waals surface area (Å²) in [7, 11) is 0. The van der Waals surface area contributed by atoms with Gasteiger partial charge in [-0.05, 0) is 44.5 Å². The minimum atomic E-state index is -0.442. The second-order valence-electron chi connectivity index (χ2n) is 3.76. The first-order chi connectivity index (χ1) is 7.08. The zero-order valence-corrected chi connectivity index (χ0v) is 10.7. The van der Waals surface area contributed by atoms with Crippen LogP contribution in [0.1, 0.15) is 31.2 Å². The molecular formula is C12H14OS2. The molecule has 1 unspecified atom stereocenters. The van der Waals surface area contributed by atoms with Gasteiger partial charge < -0.3 is 5.11 Å². The molecule has 2 aromatic rings. The Morgan fingerprint density at radius 2 is 1.80 bits per heavy atom. The lowest BCUT2D eigenvalue weighted by Crippen LogP contribution is -1.95. The Bertz CT molecular complexity index is 468. The molecule has 2 heterocycles. The molecule has 2 aromatic heterocycles. The van der Waals surface area contributed by atoms with Gasteiger partial charge in [-0.2, -0.15) is 0 Å². The second-order valence-corrected chi connectivity index (χ2v) is 6.36. The summed E-state index contributed by atoms with van der Waals surface area (Å²) in [5.74, 6) is 0. The van der Waals surface area contributed by atoms with E-state index in [4.69, 9.17) is 0 Å². The highest BCUT2D eigenvalue weighted by Gasteiger charge is 2.16. The van der Waals surface area contributed by atoms with Crippen LogP contribution in [0, 0.1) is 20.8 Å². The van der Waals surface area contributed by atoms with Gasteiger partial charge in [-0.3, -0.25) is 0 Å². The van der Waals surface area contributed by atoms with Crippen LogP contribution >= 0.6 is 22.7 Å². The van der Waals surface area contributed by atoms with Crippen molar-refractivity contribution >= 4 is 22.7 Å². The number of thiophene rings is 2. The Labute approximate surface area is 98.0 Å². The third-order valence-electron chi connectivity index (χ3n) is 2.36. The van der Waals surface area contributed by atoms with Crippen LogP contribution < -0.4 is 0 Å². The zero-order chi connectivity index (χ0) is 11.0. The fourth-order valence-corrected chi connectivity index (χ4v) is 3.65. The highest BCUT2D eigenvalue weighted by atomic mass is 32.1. The molecule has 0 aliphatic rings. The van der Waals surface area contributed by atoms with Crippen LogP contribution in [0.5, 0.6) is 0 Å². The fourth-order valence-electron chi connectivity index (χ4n) is 1.66. The highest BCUT2D eigenvalue weighted by Crippen LogP contribution is 2.34. The van der Waals surface area contributed by atoms with Gasteiger partial charge in [0.05, 0.1) is 0 Å². The molecule has 0 spiro atoms. The van der Waals surface area contributed by atoms with Crippen LogP contribution in [0.3, 0.4) is 0 Å². The molecule has 0 aliphatic carbocycles. The van der Waals surface area contributed by atoms with E-state index in [9.17, 15) is 5.11 Å². The third kappa shape index (κ3) is 2.14. The number of hydrogen-bond acceptors (Lipinski definition) is 3. The molecule has 2 rings (SSSR count). The van der Waals surface area contributed by atoms with Crippen LogP contribution in [-0.2, 0) is 0 Å². The summed E-state index contributed by atoms with van der Waals surface area (Å²) < 4.78 is 0. The van der Waals surface area contributed by atoms with Crippen molar-refractivity contribution in [2.24, 2.45) is 0 Å². The maximum atomic E-state index is 10.2. The van der Waals surface area contributed by atoms with Crippen LogP contribution in [0.15, 0.2) is 18.2 Å². The van der Waals surface area contributed by atoms with E-state index in [1.165, 1.54) is 15.3 Å². The first kappa shape index (κ1) is 10.9. The van der Waals surface area contributed by atoms with Crippen LogP contribution in [0.25, 0.3) is 0 Å². The minimum Gasteiger partial charge on any atom is -0.382 e. The quantitative estimate of drug-likeness (QED) is 0.843. The van der Waals surface area contributed by atoms with Gasteiger partial charge in [-0.25, -0.2) is 0 Å². The van der Waals surface area contributed by atoms with Crippen molar-refractivity contribution < 1.29 is 5.11 Å². The SMILES string of the molecule is Cc1ccc(C(O)c2sc(C)cc2C)s1. The molecule has 1 atom stereocenters. The Morgan fingerprint density at radius 1 is 1.07 bits per heavy atom. The number of aliphatic hydroxyl groups excluding tert-OH is 1. The lowest BCUT2D eigenvalue weighted by Gasteiger charge is -2.07. The summed E-state index contributed by atoms with van der Waals surface area (Å²) in [6.07, 6.45) is -0.442. The summed E-state index contributed by atoms with van der Waals surface area (Å²) in [5.41, 5.74) is 1.19. The molecule has 1 N–H and O–H groups in total. The topological polar surface area (TPSA) is 20.2 Å². The van der Waals surface area contributed by atoms with Gasteiger partial charge >= 0.3 is 0 Å². The van der Waals surface area contributed by atoms with E-state index in [0.29, 0.717) is 0 Å². The third-order valence-corrected chi connectivity index (χ3v) is 4.62. The maximum Gasteiger partial charge on any atom is 0.123 e. The fraction of sp³-hybridized carbons (Fsp3) is 0.333. The normalized spacial score (nSPS) is 13.1. The summed E-state index contributed by atoms with van der Waals surface area (Å²) >= 11 is 3.35. The van der Waals surface area contributed by atoms with E-state index in [1.807, 2.05) is 6.07 Å². The van der Waals surface area contributed by atoms with E-state index < -0.39 is 6.10 Å². The van der Waals surface area contributed by atoms with E-state index in [0.717, 1.165) is 9.75 Å². The molecule has 0 radical (unpaired) electrons. The van der Waals surface area contributed by atoms with Crippen LogP contribution in [0.4, 0.5) is 0 Å². The molecule has 1 nitrogen and oxygen atoms in total. The lowest BCUT2D eigenvalue weighted by atomic mass is 10.2. The number of rotatable bonds is 2. The van der Waals surface area contributed by atoms with Crippen molar-refractivity contribution in [1.82, 2.24) is 0 Å². The first-order valence-corrected chi connectivity index (χ1v) is 6.52. The molecule has 15 heavy (non-hydrogen) atoms. The highest BCUT2D eigenvalue weighted by molar-refractivity contribution is 7.13. The van der Waals surface area contributed by atoms with Crippen molar-refractivity contribution in [3.05, 3.63) is 43.3 Å². The van der Waals surface area contributed by atoms with Crippen molar-refractivity contribution in [3.63, 3.8) is 0 Å². The van der Waals surface area contributed by atoms with Gasteiger partial charge in [0.2, 0.25) is 0 Å². The summed E-state index contributed by atoms with van der Waals surface area (Å²) in [5, 5.41) is 10.2. The predicted molar refractivity (Wildman–Crippen MR) is 66.9 cm³/mol. The molecule has 0 saturated carbocycles. The first-order valence-electron chi connectivity index (χ1n) is 4.89. The van der Waals surface area contributed by atoms with Crippen molar-refractivity contribution in [1.29, 1.82) is 0 Å². The molecule has 0 aliphatic heterocycles. The van der Waals surface area contributed by atoms with Gasteiger partial charge in [0.25, 0.3) is 0 Å². The Kier molecular flexibility index (Phi) is 2.96. The molecule has 0 saturated heterocycles. The molecule has 80 valence electrons. The van der Waals surface area contributed by atoms with Crippen LogP contribution in [-0.4, -0.2) is 5.11 Å². The monoisotopic (exact) mass is 238 g/mol. The Balaban J connectivity index is 2.35. The van der Waals surface area contributed by atoms with Gasteiger partial charge in [0.1, 0.15) is 6.10 Å². The second kappa shape index (κ2) is 4.08. The predicted octanol–water partition coefficient (Wildman–Crippen LogP) is 3.82. The molecule has 3 heteroatoms. The van der Waals surface area contributed by atoms with Crippen molar-refractivity contribution in [2.75, 3.05) is 0 Å². The Morgan fingerprint density at radius 3 is 2.27 bits per heavy atom. The number of aryl methyl sites for hydroxylation is 3. The number of aliphatic hydroxyl groups is 1. The summed E-state index contributed by atoms with van der Waals surface area (Å²) in [6, 6.07) is 6.20. The largest absolute Gasteiger partial charge is 0.382 e. The van der Waals surface area contributed by atoms with Gasteiger partial charge in [0, 0.05) is 19.5 Å². The minimum absolute atomic E-state index is 0.442. The smallest absolute Gasteiger partial charge is 0.123 e. The average Bonchev–Trinajstić information content (AvgIpc) is 2.71. The van der Waals surface area contributed by atoms with E-state index in [1.54, 1.807) is 22.7 Å². The zero-order valence-electron chi connectivity index (χ0n) is 9.07. The Hall–Kier alpha value is -0.640.